The van der Waals surface area contributed by atoms with Crippen molar-refractivity contribution in [2.75, 3.05) is 26.9 Å². The smallest absolute Gasteiger partial charge is 0.412 e. The third-order valence-electron chi connectivity index (χ3n) is 5.51. The van der Waals surface area contributed by atoms with Gasteiger partial charge in [-0.1, -0.05) is 26.0 Å². The topological polar surface area (TPSA) is 164 Å². The number of amides is 2. The van der Waals surface area contributed by atoms with E-state index in [1.165, 1.54) is 37.4 Å². The highest BCUT2D eigenvalue weighted by molar-refractivity contribution is 7.89. The first-order valence-corrected chi connectivity index (χ1v) is 13.0. The SMILES string of the molecule is CNC(=O)Oc1ccc(C[C@H](NC(=O)O)[C@@H](O)CN(CC(C)C)S(=O)(=O)c2ccc3c(c2)OCO3)cc1. The van der Waals surface area contributed by atoms with E-state index in [9.17, 15) is 28.2 Å². The van der Waals surface area contributed by atoms with Gasteiger partial charge in [0, 0.05) is 26.2 Å². The Labute approximate surface area is 215 Å². The van der Waals surface area contributed by atoms with Crippen molar-refractivity contribution in [1.29, 1.82) is 0 Å². The lowest BCUT2D eigenvalue weighted by Crippen LogP contribution is -2.50. The van der Waals surface area contributed by atoms with Crippen LogP contribution in [0.15, 0.2) is 47.4 Å². The number of carboxylic acid groups (broad SMARTS) is 1. The number of benzene rings is 2. The van der Waals surface area contributed by atoms with Crippen molar-refractivity contribution in [3.05, 3.63) is 48.0 Å². The standard InChI is InChI=1S/C24H31N3O9S/c1-15(2)12-27(37(32,33)18-8-9-21-22(11-18)35-14-34-21)13-20(28)19(26-23(29)30)10-16-4-6-17(7-5-16)36-24(31)25-3/h4-9,11,15,19-20,26,28H,10,12-14H2,1-3H3,(H,25,31)(H,29,30)/t19-,20-/m0/s1. The van der Waals surface area contributed by atoms with Crippen molar-refractivity contribution < 1.29 is 42.4 Å². The molecule has 2 aromatic carbocycles. The van der Waals surface area contributed by atoms with Crippen LogP contribution in [0, 0.1) is 5.92 Å². The lowest BCUT2D eigenvalue weighted by Gasteiger charge is -2.30. The second kappa shape index (κ2) is 12.1. The van der Waals surface area contributed by atoms with Gasteiger partial charge in [-0.3, -0.25) is 0 Å². The van der Waals surface area contributed by atoms with Crippen LogP contribution in [0.2, 0.25) is 0 Å². The van der Waals surface area contributed by atoms with E-state index < -0.39 is 34.4 Å². The van der Waals surface area contributed by atoms with Crippen LogP contribution in [0.5, 0.6) is 17.2 Å². The Bertz CT molecular complexity index is 1200. The summed E-state index contributed by atoms with van der Waals surface area (Å²) in [6.07, 6.45) is -3.31. The Morgan fingerprint density at radius 2 is 1.76 bits per heavy atom. The summed E-state index contributed by atoms with van der Waals surface area (Å²) in [6.45, 7) is 3.42. The molecule has 0 aliphatic carbocycles. The number of nitrogens with zero attached hydrogens (tertiary/aromatic N) is 1. The first-order chi connectivity index (χ1) is 17.5. The zero-order valence-electron chi connectivity index (χ0n) is 20.7. The Kier molecular flexibility index (Phi) is 9.18. The van der Waals surface area contributed by atoms with Crippen LogP contribution in [0.3, 0.4) is 0 Å². The molecule has 1 aliphatic heterocycles. The number of hydrogen-bond acceptors (Lipinski definition) is 8. The molecule has 2 amide bonds. The van der Waals surface area contributed by atoms with Crippen LogP contribution in [-0.4, -0.2) is 74.2 Å². The van der Waals surface area contributed by atoms with Crippen LogP contribution in [-0.2, 0) is 16.4 Å². The van der Waals surface area contributed by atoms with E-state index in [4.69, 9.17) is 14.2 Å². The summed E-state index contributed by atoms with van der Waals surface area (Å²) >= 11 is 0. The number of rotatable bonds is 11. The lowest BCUT2D eigenvalue weighted by molar-refractivity contribution is 0.0980. The molecule has 0 radical (unpaired) electrons. The second-order valence-corrected chi connectivity index (χ2v) is 10.8. The summed E-state index contributed by atoms with van der Waals surface area (Å²) in [4.78, 5) is 22.8. The van der Waals surface area contributed by atoms with Crippen LogP contribution in [0.4, 0.5) is 9.59 Å². The van der Waals surface area contributed by atoms with Gasteiger partial charge >= 0.3 is 12.2 Å². The summed E-state index contributed by atoms with van der Waals surface area (Å²) in [5.74, 6) is 0.950. The summed E-state index contributed by atoms with van der Waals surface area (Å²) in [5.41, 5.74) is 0.635. The van der Waals surface area contributed by atoms with Crippen LogP contribution < -0.4 is 24.8 Å². The summed E-state index contributed by atoms with van der Waals surface area (Å²) in [7, 11) is -2.63. The number of carbonyl (C=O) groups excluding carboxylic acids is 1. The van der Waals surface area contributed by atoms with E-state index in [1.54, 1.807) is 12.1 Å². The van der Waals surface area contributed by atoms with Crippen molar-refractivity contribution in [2.24, 2.45) is 5.92 Å². The highest BCUT2D eigenvalue weighted by Crippen LogP contribution is 2.34. The molecule has 0 saturated carbocycles. The molecule has 1 heterocycles. The van der Waals surface area contributed by atoms with Gasteiger partial charge in [-0.15, -0.1) is 0 Å². The van der Waals surface area contributed by atoms with Crippen LogP contribution in [0.1, 0.15) is 19.4 Å². The monoisotopic (exact) mass is 537 g/mol. The number of hydrogen-bond donors (Lipinski definition) is 4. The van der Waals surface area contributed by atoms with Crippen molar-refractivity contribution in [3.63, 3.8) is 0 Å². The van der Waals surface area contributed by atoms with Gasteiger partial charge < -0.3 is 35.1 Å². The average Bonchev–Trinajstić information content (AvgIpc) is 3.31. The van der Waals surface area contributed by atoms with Crippen LogP contribution in [0.25, 0.3) is 0 Å². The summed E-state index contributed by atoms with van der Waals surface area (Å²) < 4.78 is 43.7. The number of nitrogens with one attached hydrogen (secondary N) is 2. The summed E-state index contributed by atoms with van der Waals surface area (Å²) in [5, 5.41) is 25.0. The maximum absolute atomic E-state index is 13.5. The fourth-order valence-corrected chi connectivity index (χ4v) is 5.39. The minimum absolute atomic E-state index is 0.00526. The fourth-order valence-electron chi connectivity index (χ4n) is 3.75. The Morgan fingerprint density at radius 3 is 2.38 bits per heavy atom. The molecule has 3 rings (SSSR count). The highest BCUT2D eigenvalue weighted by Gasteiger charge is 2.32. The summed E-state index contributed by atoms with van der Waals surface area (Å²) in [6, 6.07) is 9.56. The fraction of sp³-hybridized carbons (Fsp3) is 0.417. The van der Waals surface area contributed by atoms with Gasteiger partial charge in [0.15, 0.2) is 11.5 Å². The number of sulfonamides is 1. The third kappa shape index (κ3) is 7.47. The van der Waals surface area contributed by atoms with Crippen molar-refractivity contribution >= 4 is 22.2 Å². The first-order valence-electron chi connectivity index (χ1n) is 11.6. The minimum atomic E-state index is -4.06. The number of aliphatic hydroxyl groups excluding tert-OH is 1. The highest BCUT2D eigenvalue weighted by atomic mass is 32.2. The van der Waals surface area contributed by atoms with Gasteiger partial charge in [0.25, 0.3) is 0 Å². The second-order valence-electron chi connectivity index (χ2n) is 8.84. The first kappa shape index (κ1) is 28.0. The largest absolute Gasteiger partial charge is 0.465 e. The molecule has 12 nitrogen and oxygen atoms in total. The van der Waals surface area contributed by atoms with E-state index in [-0.39, 0.29) is 42.9 Å². The van der Waals surface area contributed by atoms with E-state index >= 15 is 0 Å². The zero-order valence-corrected chi connectivity index (χ0v) is 21.5. The third-order valence-corrected chi connectivity index (χ3v) is 7.34. The maximum Gasteiger partial charge on any atom is 0.412 e. The predicted molar refractivity (Wildman–Crippen MR) is 132 cm³/mol. The maximum atomic E-state index is 13.5. The molecule has 37 heavy (non-hydrogen) atoms. The molecule has 0 spiro atoms. The van der Waals surface area contributed by atoms with E-state index in [2.05, 4.69) is 10.6 Å². The van der Waals surface area contributed by atoms with Crippen LogP contribution >= 0.6 is 0 Å². The lowest BCUT2D eigenvalue weighted by atomic mass is 10.0. The van der Waals surface area contributed by atoms with E-state index in [0.29, 0.717) is 17.1 Å². The van der Waals surface area contributed by atoms with Gasteiger partial charge in [0.05, 0.1) is 17.0 Å². The Morgan fingerprint density at radius 1 is 1.08 bits per heavy atom. The molecular formula is C24H31N3O9S. The molecule has 13 heteroatoms. The van der Waals surface area contributed by atoms with E-state index in [0.717, 1.165) is 4.31 Å². The Balaban J connectivity index is 1.80. The Hall–Kier alpha value is -3.55. The van der Waals surface area contributed by atoms with Gasteiger partial charge in [0.2, 0.25) is 16.8 Å². The van der Waals surface area contributed by atoms with Gasteiger partial charge in [0.1, 0.15) is 5.75 Å². The predicted octanol–water partition coefficient (Wildman–Crippen LogP) is 2.02. The van der Waals surface area contributed by atoms with Crippen molar-refractivity contribution in [2.45, 2.75) is 37.3 Å². The molecular weight excluding hydrogens is 506 g/mol. The number of fused-ring (bicyclic) bond motifs is 1. The van der Waals surface area contributed by atoms with Gasteiger partial charge in [-0.2, -0.15) is 4.31 Å². The molecule has 4 N–H and O–H groups in total. The average molecular weight is 538 g/mol. The molecule has 2 atom stereocenters. The zero-order chi connectivity index (χ0) is 27.2. The number of aliphatic hydroxyl groups is 1. The molecule has 2 aromatic rings. The molecule has 202 valence electrons. The van der Waals surface area contributed by atoms with Crippen molar-refractivity contribution in [3.8, 4) is 17.2 Å². The molecule has 0 fully saturated rings. The molecule has 0 unspecified atom stereocenters. The molecule has 0 saturated heterocycles. The minimum Gasteiger partial charge on any atom is -0.465 e. The number of carbonyl (C=O) groups is 2. The number of ether oxygens (including phenoxy) is 3. The molecule has 1 aliphatic rings. The molecule has 0 aromatic heterocycles. The van der Waals surface area contributed by atoms with Crippen molar-refractivity contribution in [1.82, 2.24) is 14.9 Å². The van der Waals surface area contributed by atoms with Gasteiger partial charge in [-0.25, -0.2) is 18.0 Å². The quantitative estimate of drug-likeness (QED) is 0.336. The normalized spacial score (nSPS) is 14.3. The van der Waals surface area contributed by atoms with Gasteiger partial charge in [-0.05, 0) is 42.2 Å². The van der Waals surface area contributed by atoms with E-state index in [1.807, 2.05) is 13.8 Å². The molecule has 0 bridgehead atoms.